The Morgan fingerprint density at radius 2 is 2.05 bits per heavy atom. The maximum absolute atomic E-state index is 13.2. The number of methoxy groups -OCH3 is 1. The van der Waals surface area contributed by atoms with Gasteiger partial charge in [-0.2, -0.15) is 0 Å². The van der Waals surface area contributed by atoms with E-state index in [1.54, 1.807) is 18.2 Å². The third kappa shape index (κ3) is 3.29. The van der Waals surface area contributed by atoms with E-state index in [-0.39, 0.29) is 5.75 Å². The molecule has 0 aromatic heterocycles. The first-order valence-corrected chi connectivity index (χ1v) is 7.46. The Kier molecular flexibility index (Phi) is 4.62. The lowest BCUT2D eigenvalue weighted by Crippen LogP contribution is -2.01. The van der Waals surface area contributed by atoms with Crippen molar-refractivity contribution in [1.82, 2.24) is 0 Å². The lowest BCUT2D eigenvalue weighted by molar-refractivity contribution is 0.404. The van der Waals surface area contributed by atoms with E-state index in [2.05, 4.69) is 0 Å². The molecule has 106 valence electrons. The summed E-state index contributed by atoms with van der Waals surface area (Å²) in [4.78, 5) is 0.502. The summed E-state index contributed by atoms with van der Waals surface area (Å²) < 4.78 is 30.7. The van der Waals surface area contributed by atoms with E-state index in [0.717, 1.165) is 0 Å². The second-order valence-electron chi connectivity index (χ2n) is 4.14. The Morgan fingerprint density at radius 1 is 1.30 bits per heavy atom. The fourth-order valence-electron chi connectivity index (χ4n) is 1.75. The van der Waals surface area contributed by atoms with Gasteiger partial charge in [0.05, 0.1) is 28.6 Å². The fourth-order valence-corrected chi connectivity index (χ4v) is 3.27. The van der Waals surface area contributed by atoms with Gasteiger partial charge >= 0.3 is 0 Å². The highest BCUT2D eigenvalue weighted by Crippen LogP contribution is 2.28. The van der Waals surface area contributed by atoms with Crippen molar-refractivity contribution < 1.29 is 13.3 Å². The van der Waals surface area contributed by atoms with Crippen LogP contribution in [0.15, 0.2) is 41.3 Å². The van der Waals surface area contributed by atoms with Crippen molar-refractivity contribution in [3.63, 3.8) is 0 Å². The average molecular weight is 314 g/mol. The molecule has 0 aliphatic carbocycles. The molecule has 3 nitrogen and oxygen atoms in total. The van der Waals surface area contributed by atoms with Crippen LogP contribution in [-0.4, -0.2) is 11.3 Å². The Bertz CT molecular complexity index is 664. The quantitative estimate of drug-likeness (QED) is 0.880. The molecule has 0 fully saturated rings. The number of hydrogen-bond donors (Lipinski definition) is 1. The topological polar surface area (TPSA) is 52.3 Å². The first-order chi connectivity index (χ1) is 9.51. The lowest BCUT2D eigenvalue weighted by Gasteiger charge is -2.10. The van der Waals surface area contributed by atoms with Crippen LogP contribution in [0.25, 0.3) is 0 Å². The van der Waals surface area contributed by atoms with E-state index in [1.807, 2.05) is 0 Å². The molecule has 0 bridgehead atoms. The summed E-state index contributed by atoms with van der Waals surface area (Å²) in [5.41, 5.74) is 6.66. The maximum atomic E-state index is 13.2. The third-order valence-corrected chi connectivity index (χ3v) is 4.50. The minimum Gasteiger partial charge on any atom is -0.495 e. The number of hydrogen-bond acceptors (Lipinski definition) is 3. The van der Waals surface area contributed by atoms with Gasteiger partial charge in [-0.25, -0.2) is 4.39 Å². The molecule has 0 amide bonds. The first kappa shape index (κ1) is 14.8. The van der Waals surface area contributed by atoms with Crippen molar-refractivity contribution in [2.24, 2.45) is 0 Å². The molecule has 0 aliphatic rings. The zero-order valence-corrected chi connectivity index (χ0v) is 12.3. The van der Waals surface area contributed by atoms with Crippen LogP contribution in [0.5, 0.6) is 5.75 Å². The van der Waals surface area contributed by atoms with Crippen LogP contribution in [0.2, 0.25) is 5.02 Å². The minimum atomic E-state index is -1.40. The molecule has 0 aliphatic heterocycles. The lowest BCUT2D eigenvalue weighted by atomic mass is 10.2. The number of anilines is 1. The minimum absolute atomic E-state index is 0.108. The predicted molar refractivity (Wildman–Crippen MR) is 78.9 cm³/mol. The van der Waals surface area contributed by atoms with Crippen LogP contribution in [-0.2, 0) is 16.6 Å². The number of benzene rings is 2. The molecule has 0 heterocycles. The Balaban J connectivity index is 2.30. The highest BCUT2D eigenvalue weighted by atomic mass is 35.5. The normalized spacial score (nSPS) is 12.2. The summed E-state index contributed by atoms with van der Waals surface area (Å²) in [5, 5.41) is 0.383. The van der Waals surface area contributed by atoms with Crippen molar-refractivity contribution in [1.29, 1.82) is 0 Å². The molecular weight excluding hydrogens is 301 g/mol. The summed E-state index contributed by atoms with van der Waals surface area (Å²) in [5.74, 6) is 0.137. The van der Waals surface area contributed by atoms with Crippen molar-refractivity contribution in [3.05, 3.63) is 52.8 Å². The highest BCUT2D eigenvalue weighted by Gasteiger charge is 2.14. The van der Waals surface area contributed by atoms with Gasteiger partial charge in [0.15, 0.2) is 0 Å². The van der Waals surface area contributed by atoms with E-state index >= 15 is 0 Å². The van der Waals surface area contributed by atoms with Crippen molar-refractivity contribution in [2.45, 2.75) is 10.6 Å². The van der Waals surface area contributed by atoms with Crippen LogP contribution >= 0.6 is 11.6 Å². The zero-order valence-electron chi connectivity index (χ0n) is 10.7. The summed E-state index contributed by atoms with van der Waals surface area (Å²) in [7, 11) is 0.0725. The van der Waals surface area contributed by atoms with Gasteiger partial charge in [0, 0.05) is 16.8 Å². The molecule has 2 aromatic rings. The van der Waals surface area contributed by atoms with Crippen molar-refractivity contribution >= 4 is 28.1 Å². The molecule has 2 aromatic carbocycles. The molecule has 20 heavy (non-hydrogen) atoms. The molecule has 1 atom stereocenters. The van der Waals surface area contributed by atoms with Gasteiger partial charge in [-0.05, 0) is 35.9 Å². The van der Waals surface area contributed by atoms with Crippen LogP contribution in [0, 0.1) is 5.82 Å². The summed E-state index contributed by atoms with van der Waals surface area (Å²) in [6, 6.07) is 8.87. The van der Waals surface area contributed by atoms with Crippen LogP contribution in [0.4, 0.5) is 10.1 Å². The third-order valence-electron chi connectivity index (χ3n) is 2.73. The molecule has 0 radical (unpaired) electrons. The molecule has 0 saturated carbocycles. The zero-order chi connectivity index (χ0) is 14.7. The Labute approximate surface area is 124 Å². The van der Waals surface area contributed by atoms with E-state index < -0.39 is 16.6 Å². The summed E-state index contributed by atoms with van der Waals surface area (Å²) >= 11 is 5.97. The number of halogens is 2. The Hall–Kier alpha value is -1.59. The van der Waals surface area contributed by atoms with Gasteiger partial charge < -0.3 is 10.5 Å². The van der Waals surface area contributed by atoms with Crippen molar-refractivity contribution in [3.8, 4) is 5.75 Å². The molecule has 2 rings (SSSR count). The summed E-state index contributed by atoms with van der Waals surface area (Å²) in [6.07, 6.45) is 0. The maximum Gasteiger partial charge on any atom is 0.137 e. The number of nitrogens with two attached hydrogens (primary N) is 1. The Morgan fingerprint density at radius 3 is 2.75 bits per heavy atom. The number of rotatable bonds is 4. The van der Waals surface area contributed by atoms with Crippen molar-refractivity contribution in [2.75, 3.05) is 12.8 Å². The van der Waals surface area contributed by atoms with E-state index in [1.165, 1.54) is 25.3 Å². The second kappa shape index (κ2) is 6.24. The smallest absolute Gasteiger partial charge is 0.137 e. The van der Waals surface area contributed by atoms with E-state index in [4.69, 9.17) is 22.1 Å². The van der Waals surface area contributed by atoms with Crippen LogP contribution in [0.1, 0.15) is 5.56 Å². The first-order valence-electron chi connectivity index (χ1n) is 5.77. The van der Waals surface area contributed by atoms with Crippen LogP contribution in [0.3, 0.4) is 0 Å². The van der Waals surface area contributed by atoms with Gasteiger partial charge in [-0.15, -0.1) is 0 Å². The van der Waals surface area contributed by atoms with Gasteiger partial charge in [0.1, 0.15) is 11.6 Å². The predicted octanol–water partition coefficient (Wildman–Crippen LogP) is 3.38. The fraction of sp³-hybridized carbons (Fsp3) is 0.143. The molecule has 0 spiro atoms. The molecule has 0 saturated heterocycles. The highest BCUT2D eigenvalue weighted by molar-refractivity contribution is 7.84. The van der Waals surface area contributed by atoms with Crippen LogP contribution < -0.4 is 10.5 Å². The van der Waals surface area contributed by atoms with Gasteiger partial charge in [-0.1, -0.05) is 11.6 Å². The number of ether oxygens (including phenoxy) is 1. The standard InChI is InChI=1S/C14H13ClFNO2S/c1-19-13-7-11(17)3-5-14(13)20(18)8-9-6-10(16)2-4-12(9)15/h2-7H,8,17H2,1H3. The molecule has 6 heteroatoms. The van der Waals surface area contributed by atoms with Gasteiger partial charge in [0.2, 0.25) is 0 Å². The molecule has 1 unspecified atom stereocenters. The molecular formula is C14H13ClFNO2S. The summed E-state index contributed by atoms with van der Waals surface area (Å²) in [6.45, 7) is 0. The van der Waals surface area contributed by atoms with E-state index in [0.29, 0.717) is 26.9 Å². The number of nitrogen functional groups attached to an aromatic ring is 1. The average Bonchev–Trinajstić information content (AvgIpc) is 2.42. The second-order valence-corrected chi connectivity index (χ2v) is 5.96. The largest absolute Gasteiger partial charge is 0.495 e. The monoisotopic (exact) mass is 313 g/mol. The molecule has 2 N–H and O–H groups in total. The SMILES string of the molecule is COc1cc(N)ccc1S(=O)Cc1cc(F)ccc1Cl. The van der Waals surface area contributed by atoms with E-state index in [9.17, 15) is 8.60 Å². The van der Waals surface area contributed by atoms with Gasteiger partial charge in [-0.3, -0.25) is 4.21 Å². The van der Waals surface area contributed by atoms with Gasteiger partial charge in [0.25, 0.3) is 0 Å².